The van der Waals surface area contributed by atoms with E-state index in [1.807, 2.05) is 5.38 Å². The highest BCUT2D eigenvalue weighted by molar-refractivity contribution is 7.14. The highest BCUT2D eigenvalue weighted by atomic mass is 32.1. The van der Waals surface area contributed by atoms with Crippen molar-refractivity contribution >= 4 is 33.4 Å². The van der Waals surface area contributed by atoms with Crippen molar-refractivity contribution in [2.45, 2.75) is 25.7 Å². The number of hydrogen-bond donors (Lipinski definition) is 2. The summed E-state index contributed by atoms with van der Waals surface area (Å²) in [7, 11) is 1.51. The largest absolute Gasteiger partial charge is 0.329 e. The fraction of sp³-hybridized carbons (Fsp3) is 0.227. The molecule has 9 heteroatoms. The quantitative estimate of drug-likeness (QED) is 0.516. The molecule has 0 spiro atoms. The number of hydrogen-bond acceptors (Lipinski definition) is 6. The van der Waals surface area contributed by atoms with Crippen molar-refractivity contribution in [2.24, 2.45) is 7.05 Å². The van der Waals surface area contributed by atoms with E-state index in [0.29, 0.717) is 5.13 Å². The molecule has 0 saturated heterocycles. The minimum atomic E-state index is -0.579. The van der Waals surface area contributed by atoms with Crippen molar-refractivity contribution in [3.8, 4) is 11.3 Å². The molecule has 0 fully saturated rings. The summed E-state index contributed by atoms with van der Waals surface area (Å²) < 4.78 is 1.23. The molecule has 1 aromatic carbocycles. The molecule has 2 N–H and O–H groups in total. The number of aryl methyl sites for hydroxylation is 3. The standard InChI is InChI=1S/C22H19N5O3S/c1-27-18-16(20(29)26-22(27)30)9-15(10-23-18)19(28)25-21-24-17(11-31-21)14-7-6-12-4-2-3-5-13(12)8-14/h6-11H,2-5H2,1H3,(H,24,25,28)(H,26,29,30). The fourth-order valence-corrected chi connectivity index (χ4v) is 4.60. The van der Waals surface area contributed by atoms with Crippen LogP contribution in [0.5, 0.6) is 0 Å². The van der Waals surface area contributed by atoms with Crippen LogP contribution >= 0.6 is 11.3 Å². The number of thiazole rings is 1. The van der Waals surface area contributed by atoms with Crippen LogP contribution in [0.3, 0.4) is 0 Å². The minimum absolute atomic E-state index is 0.170. The molecular formula is C22H19N5O3S. The van der Waals surface area contributed by atoms with E-state index in [-0.39, 0.29) is 16.6 Å². The van der Waals surface area contributed by atoms with Gasteiger partial charge in [-0.15, -0.1) is 11.3 Å². The number of nitrogens with zero attached hydrogens (tertiary/aromatic N) is 3. The molecule has 8 nitrogen and oxygen atoms in total. The fourth-order valence-electron chi connectivity index (χ4n) is 3.89. The molecule has 0 aliphatic heterocycles. The number of aromatic amines is 1. The number of fused-ring (bicyclic) bond motifs is 2. The minimum Gasteiger partial charge on any atom is -0.298 e. The van der Waals surface area contributed by atoms with Crippen LogP contribution in [0.25, 0.3) is 22.3 Å². The normalized spacial score (nSPS) is 13.2. The van der Waals surface area contributed by atoms with Crippen LogP contribution in [-0.4, -0.2) is 25.4 Å². The molecule has 1 aliphatic carbocycles. The lowest BCUT2D eigenvalue weighted by Crippen LogP contribution is -2.29. The number of H-pyrrole nitrogens is 1. The summed E-state index contributed by atoms with van der Waals surface area (Å²) in [5, 5.41) is 5.32. The number of aromatic nitrogens is 4. The van der Waals surface area contributed by atoms with Gasteiger partial charge in [-0.3, -0.25) is 24.5 Å². The molecule has 0 radical (unpaired) electrons. The second kappa shape index (κ2) is 7.59. The lowest BCUT2D eigenvalue weighted by molar-refractivity contribution is 0.102. The summed E-state index contributed by atoms with van der Waals surface area (Å²) in [4.78, 5) is 47.4. The van der Waals surface area contributed by atoms with Gasteiger partial charge >= 0.3 is 5.69 Å². The lowest BCUT2D eigenvalue weighted by atomic mass is 9.90. The predicted molar refractivity (Wildman–Crippen MR) is 120 cm³/mol. The average Bonchev–Trinajstić information content (AvgIpc) is 3.25. The first-order chi connectivity index (χ1) is 15.0. The van der Waals surface area contributed by atoms with Crippen LogP contribution in [0.4, 0.5) is 5.13 Å². The Morgan fingerprint density at radius 1 is 1.16 bits per heavy atom. The smallest absolute Gasteiger partial charge is 0.298 e. The van der Waals surface area contributed by atoms with Crippen LogP contribution in [0.15, 0.2) is 45.4 Å². The van der Waals surface area contributed by atoms with Gasteiger partial charge in [0.25, 0.3) is 11.5 Å². The van der Waals surface area contributed by atoms with Crippen molar-refractivity contribution in [1.82, 2.24) is 19.5 Å². The van der Waals surface area contributed by atoms with Crippen LogP contribution in [0, 0.1) is 0 Å². The Morgan fingerprint density at radius 3 is 2.81 bits per heavy atom. The molecular weight excluding hydrogens is 414 g/mol. The van der Waals surface area contributed by atoms with Gasteiger partial charge in [0.1, 0.15) is 5.65 Å². The summed E-state index contributed by atoms with van der Waals surface area (Å²) in [5.41, 5.74) is 3.94. The Kier molecular flexibility index (Phi) is 4.74. The number of carbonyl (C=O) groups is 1. The van der Waals surface area contributed by atoms with E-state index in [9.17, 15) is 14.4 Å². The third kappa shape index (κ3) is 3.57. The van der Waals surface area contributed by atoms with Gasteiger partial charge in [0.05, 0.1) is 16.6 Å². The van der Waals surface area contributed by atoms with E-state index >= 15 is 0 Å². The third-order valence-corrected chi connectivity index (χ3v) is 6.34. The number of benzene rings is 1. The van der Waals surface area contributed by atoms with Crippen LogP contribution in [-0.2, 0) is 19.9 Å². The van der Waals surface area contributed by atoms with Gasteiger partial charge < -0.3 is 0 Å². The average molecular weight is 433 g/mol. The molecule has 0 bridgehead atoms. The second-order valence-electron chi connectivity index (χ2n) is 7.60. The van der Waals surface area contributed by atoms with Crippen molar-refractivity contribution in [3.63, 3.8) is 0 Å². The SMILES string of the molecule is Cn1c(=O)[nH]c(=O)c2cc(C(=O)Nc3nc(-c4ccc5c(c4)CCCC5)cs3)cnc21. The van der Waals surface area contributed by atoms with Gasteiger partial charge in [0.15, 0.2) is 5.13 Å². The van der Waals surface area contributed by atoms with Crippen molar-refractivity contribution in [1.29, 1.82) is 0 Å². The van der Waals surface area contributed by atoms with E-state index in [0.717, 1.165) is 24.1 Å². The molecule has 1 amide bonds. The van der Waals surface area contributed by atoms with Crippen molar-refractivity contribution < 1.29 is 4.79 Å². The molecule has 0 atom stereocenters. The molecule has 31 heavy (non-hydrogen) atoms. The summed E-state index contributed by atoms with van der Waals surface area (Å²) >= 11 is 1.34. The molecule has 156 valence electrons. The van der Waals surface area contributed by atoms with Crippen LogP contribution < -0.4 is 16.6 Å². The molecule has 0 unspecified atom stereocenters. The van der Waals surface area contributed by atoms with Crippen molar-refractivity contribution in [2.75, 3.05) is 5.32 Å². The second-order valence-corrected chi connectivity index (χ2v) is 8.45. The summed E-state index contributed by atoms with van der Waals surface area (Å²) in [6.45, 7) is 0. The van der Waals surface area contributed by atoms with Crippen molar-refractivity contribution in [3.05, 3.63) is 73.4 Å². The Labute approximate surface area is 180 Å². The zero-order chi connectivity index (χ0) is 21.5. The Morgan fingerprint density at radius 2 is 1.97 bits per heavy atom. The summed E-state index contributed by atoms with van der Waals surface area (Å²) in [5.74, 6) is -0.422. The number of nitrogens with one attached hydrogen (secondary N) is 2. The number of amides is 1. The monoisotopic (exact) mass is 433 g/mol. The number of rotatable bonds is 3. The maximum Gasteiger partial charge on any atom is 0.329 e. The van der Waals surface area contributed by atoms with Gasteiger partial charge in [0.2, 0.25) is 0 Å². The number of carbonyl (C=O) groups excluding carboxylic acids is 1. The molecule has 3 aromatic heterocycles. The van der Waals surface area contributed by atoms with E-state index in [1.165, 1.54) is 59.2 Å². The van der Waals surface area contributed by atoms with Gasteiger partial charge in [0, 0.05) is 24.2 Å². The lowest BCUT2D eigenvalue weighted by Gasteiger charge is -2.16. The zero-order valence-corrected chi connectivity index (χ0v) is 17.6. The van der Waals surface area contributed by atoms with Gasteiger partial charge in [-0.25, -0.2) is 14.8 Å². The first kappa shape index (κ1) is 19.4. The predicted octanol–water partition coefficient (Wildman–Crippen LogP) is 2.88. The first-order valence-corrected chi connectivity index (χ1v) is 10.9. The van der Waals surface area contributed by atoms with E-state index < -0.39 is 17.2 Å². The molecule has 0 saturated carbocycles. The number of pyridine rings is 1. The van der Waals surface area contributed by atoms with Gasteiger partial charge in [-0.05, 0) is 48.9 Å². The third-order valence-electron chi connectivity index (χ3n) is 5.59. The van der Waals surface area contributed by atoms with E-state index in [4.69, 9.17) is 0 Å². The van der Waals surface area contributed by atoms with E-state index in [2.05, 4.69) is 38.5 Å². The van der Waals surface area contributed by atoms with Crippen LogP contribution in [0.2, 0.25) is 0 Å². The maximum absolute atomic E-state index is 12.7. The Hall–Kier alpha value is -3.59. The zero-order valence-electron chi connectivity index (χ0n) is 16.8. The Balaban J connectivity index is 1.40. The molecule has 4 aromatic rings. The molecule has 5 rings (SSSR count). The van der Waals surface area contributed by atoms with Crippen LogP contribution in [0.1, 0.15) is 34.3 Å². The number of anilines is 1. The summed E-state index contributed by atoms with van der Waals surface area (Å²) in [6.07, 6.45) is 6.02. The Bertz CT molecular complexity index is 1450. The maximum atomic E-state index is 12.7. The topological polar surface area (TPSA) is 110 Å². The first-order valence-electron chi connectivity index (χ1n) is 9.98. The molecule has 1 aliphatic rings. The highest BCUT2D eigenvalue weighted by Crippen LogP contribution is 2.29. The van der Waals surface area contributed by atoms with Gasteiger partial charge in [-0.1, -0.05) is 12.1 Å². The summed E-state index contributed by atoms with van der Waals surface area (Å²) in [6, 6.07) is 7.87. The van der Waals surface area contributed by atoms with E-state index in [1.54, 1.807) is 0 Å². The van der Waals surface area contributed by atoms with Gasteiger partial charge in [-0.2, -0.15) is 0 Å². The highest BCUT2D eigenvalue weighted by Gasteiger charge is 2.15. The molecule has 3 heterocycles.